The van der Waals surface area contributed by atoms with Gasteiger partial charge < -0.3 is 10.5 Å². The van der Waals surface area contributed by atoms with Crippen molar-refractivity contribution in [3.8, 4) is 9.88 Å². The fraction of sp³-hybridized carbons (Fsp3) is 0.217. The Balaban J connectivity index is 1.84. The molecule has 0 aliphatic rings. The summed E-state index contributed by atoms with van der Waals surface area (Å²) in [5, 5.41) is 2.67. The summed E-state index contributed by atoms with van der Waals surface area (Å²) in [6.45, 7) is 2.18. The molecule has 4 aromatic rings. The number of ether oxygens (including phenoxy) is 1. The Hall–Kier alpha value is -3.54. The molecule has 0 radical (unpaired) electrons. The van der Waals surface area contributed by atoms with Crippen molar-refractivity contribution < 1.29 is 9.53 Å². The molecular weight excluding hydrogens is 474 g/mol. The Bertz CT molecular complexity index is 1410. The number of carbonyl (C=O) groups excluding carboxylic acids is 1. The van der Waals surface area contributed by atoms with E-state index in [1.807, 2.05) is 47.8 Å². The Kier molecular flexibility index (Phi) is 7.06. The number of benzene rings is 1. The molecular formula is C23H23N5O4S2. The van der Waals surface area contributed by atoms with Gasteiger partial charge in [0.05, 0.1) is 30.3 Å². The van der Waals surface area contributed by atoms with Crippen LogP contribution in [-0.2, 0) is 17.8 Å². The van der Waals surface area contributed by atoms with Gasteiger partial charge in [0.2, 0.25) is 0 Å². The van der Waals surface area contributed by atoms with Crippen molar-refractivity contribution in [2.45, 2.75) is 20.0 Å². The van der Waals surface area contributed by atoms with E-state index in [2.05, 4.69) is 9.97 Å². The van der Waals surface area contributed by atoms with E-state index in [-0.39, 0.29) is 31.2 Å². The van der Waals surface area contributed by atoms with Crippen LogP contribution < -0.4 is 21.9 Å². The lowest BCUT2D eigenvalue weighted by atomic mass is 10.2. The van der Waals surface area contributed by atoms with Crippen molar-refractivity contribution in [1.82, 2.24) is 14.5 Å². The average Bonchev–Trinajstić information content (AvgIpc) is 3.48. The fourth-order valence-corrected chi connectivity index (χ4v) is 5.30. The van der Waals surface area contributed by atoms with Gasteiger partial charge in [-0.1, -0.05) is 36.4 Å². The number of rotatable bonds is 8. The highest BCUT2D eigenvalue weighted by Crippen LogP contribution is 2.33. The molecule has 11 heteroatoms. The molecule has 176 valence electrons. The third-order valence-electron chi connectivity index (χ3n) is 5.15. The summed E-state index contributed by atoms with van der Waals surface area (Å²) in [5.74, 6) is -0.522. The lowest BCUT2D eigenvalue weighted by Gasteiger charge is -2.24. The number of amides is 1. The van der Waals surface area contributed by atoms with Crippen LogP contribution in [0.15, 0.2) is 57.4 Å². The molecule has 4 rings (SSSR count). The molecule has 3 N–H and O–H groups in total. The lowest BCUT2D eigenvalue weighted by molar-refractivity contribution is 0.0988. The summed E-state index contributed by atoms with van der Waals surface area (Å²) in [6.07, 6.45) is 0. The number of aromatic nitrogens is 3. The molecule has 34 heavy (non-hydrogen) atoms. The smallest absolute Gasteiger partial charge is 0.330 e. The first-order valence-electron chi connectivity index (χ1n) is 10.4. The van der Waals surface area contributed by atoms with Gasteiger partial charge in [0.15, 0.2) is 5.69 Å². The monoisotopic (exact) mass is 497 g/mol. The number of thiazole rings is 1. The number of nitrogens with two attached hydrogens (primary N) is 1. The first kappa shape index (κ1) is 23.6. The minimum absolute atomic E-state index is 0.0844. The standard InChI is InChI=1S/C23H23N5O4S2/c1-14-18(34-21(25-14)16-9-6-12-33-16)22(30)28(13-15-7-4-3-5-8-15)17-19(24)27(10-11-32-2)23(31)26-20(17)29/h3-9,12H,10-11,13,24H2,1-2H3,(H,26,29,31). The Morgan fingerprint density at radius 3 is 2.65 bits per heavy atom. The van der Waals surface area contributed by atoms with Gasteiger partial charge in [-0.05, 0) is 23.9 Å². The second-order valence-corrected chi connectivity index (χ2v) is 9.37. The number of aromatic amines is 1. The van der Waals surface area contributed by atoms with Crippen molar-refractivity contribution in [3.05, 3.63) is 84.8 Å². The molecule has 0 fully saturated rings. The van der Waals surface area contributed by atoms with Crippen LogP contribution in [0.4, 0.5) is 11.5 Å². The van der Waals surface area contributed by atoms with Crippen molar-refractivity contribution in [1.29, 1.82) is 0 Å². The van der Waals surface area contributed by atoms with Gasteiger partial charge in [0.1, 0.15) is 15.7 Å². The maximum Gasteiger partial charge on any atom is 0.330 e. The van der Waals surface area contributed by atoms with Crippen molar-refractivity contribution in [3.63, 3.8) is 0 Å². The molecule has 3 heterocycles. The fourth-order valence-electron chi connectivity index (χ4n) is 3.48. The van der Waals surface area contributed by atoms with E-state index in [4.69, 9.17) is 10.5 Å². The predicted octanol–water partition coefficient (Wildman–Crippen LogP) is 3.11. The molecule has 0 unspecified atom stereocenters. The van der Waals surface area contributed by atoms with Gasteiger partial charge in [-0.15, -0.1) is 22.7 Å². The number of nitrogens with zero attached hydrogens (tertiary/aromatic N) is 3. The summed E-state index contributed by atoms with van der Waals surface area (Å²) >= 11 is 2.79. The molecule has 1 amide bonds. The average molecular weight is 498 g/mol. The zero-order valence-electron chi connectivity index (χ0n) is 18.6. The molecule has 0 aliphatic carbocycles. The molecule has 0 saturated heterocycles. The van der Waals surface area contributed by atoms with E-state index in [1.54, 1.807) is 6.92 Å². The zero-order chi connectivity index (χ0) is 24.2. The summed E-state index contributed by atoms with van der Waals surface area (Å²) in [7, 11) is 1.50. The van der Waals surface area contributed by atoms with Crippen LogP contribution in [0.1, 0.15) is 20.9 Å². The van der Waals surface area contributed by atoms with E-state index < -0.39 is 17.2 Å². The molecule has 0 spiro atoms. The Labute approximate surface area is 203 Å². The number of thiophene rings is 1. The number of H-pyrrole nitrogens is 1. The van der Waals surface area contributed by atoms with Gasteiger partial charge in [-0.3, -0.25) is 24.0 Å². The van der Waals surface area contributed by atoms with Gasteiger partial charge in [-0.25, -0.2) is 9.78 Å². The number of hydrogen-bond donors (Lipinski definition) is 2. The van der Waals surface area contributed by atoms with Crippen LogP contribution in [0.25, 0.3) is 9.88 Å². The van der Waals surface area contributed by atoms with Crippen LogP contribution in [0, 0.1) is 6.92 Å². The van der Waals surface area contributed by atoms with Crippen molar-refractivity contribution in [2.24, 2.45) is 0 Å². The quantitative estimate of drug-likeness (QED) is 0.386. The van der Waals surface area contributed by atoms with Crippen LogP contribution in [0.2, 0.25) is 0 Å². The third kappa shape index (κ3) is 4.72. The number of nitrogen functional groups attached to an aromatic ring is 1. The van der Waals surface area contributed by atoms with Crippen LogP contribution in [0.5, 0.6) is 0 Å². The van der Waals surface area contributed by atoms with Crippen molar-refractivity contribution >= 4 is 40.1 Å². The second kappa shape index (κ2) is 10.2. The number of methoxy groups -OCH3 is 1. The SMILES string of the molecule is COCCn1c(N)c(N(Cc2ccccc2)C(=O)c2sc(-c3cccs3)nc2C)c(=O)[nH]c1=O. The largest absolute Gasteiger partial charge is 0.383 e. The molecule has 3 aromatic heterocycles. The first-order valence-corrected chi connectivity index (χ1v) is 12.1. The second-order valence-electron chi connectivity index (χ2n) is 7.43. The Morgan fingerprint density at radius 2 is 1.97 bits per heavy atom. The van der Waals surface area contributed by atoms with E-state index in [1.165, 1.54) is 39.3 Å². The first-order chi connectivity index (χ1) is 16.4. The Morgan fingerprint density at radius 1 is 1.21 bits per heavy atom. The molecule has 1 aromatic carbocycles. The zero-order valence-corrected chi connectivity index (χ0v) is 20.2. The highest BCUT2D eigenvalue weighted by atomic mass is 32.1. The molecule has 9 nitrogen and oxygen atoms in total. The number of hydrogen-bond acceptors (Lipinski definition) is 8. The molecule has 0 atom stereocenters. The number of carbonyl (C=O) groups is 1. The van der Waals surface area contributed by atoms with Gasteiger partial charge in [0, 0.05) is 7.11 Å². The summed E-state index contributed by atoms with van der Waals surface area (Å²) < 4.78 is 6.26. The van der Waals surface area contributed by atoms with E-state index >= 15 is 0 Å². The maximum atomic E-state index is 13.8. The summed E-state index contributed by atoms with van der Waals surface area (Å²) in [5.41, 5.74) is 6.16. The number of anilines is 2. The number of nitrogens with one attached hydrogen (secondary N) is 1. The van der Waals surface area contributed by atoms with E-state index in [0.29, 0.717) is 10.6 Å². The topological polar surface area (TPSA) is 123 Å². The van der Waals surface area contributed by atoms with E-state index in [9.17, 15) is 14.4 Å². The van der Waals surface area contributed by atoms with E-state index in [0.717, 1.165) is 15.4 Å². The van der Waals surface area contributed by atoms with Gasteiger partial charge in [0.25, 0.3) is 11.5 Å². The normalized spacial score (nSPS) is 11.0. The highest BCUT2D eigenvalue weighted by molar-refractivity contribution is 7.22. The molecule has 0 saturated carbocycles. The number of aryl methyl sites for hydroxylation is 1. The van der Waals surface area contributed by atoms with Crippen molar-refractivity contribution in [2.75, 3.05) is 24.4 Å². The summed E-state index contributed by atoms with van der Waals surface area (Å²) in [6, 6.07) is 13.1. The van der Waals surface area contributed by atoms with Gasteiger partial charge in [-0.2, -0.15) is 0 Å². The predicted molar refractivity (Wildman–Crippen MR) is 135 cm³/mol. The summed E-state index contributed by atoms with van der Waals surface area (Å²) in [4.78, 5) is 48.7. The molecule has 0 aliphatic heterocycles. The minimum Gasteiger partial charge on any atom is -0.383 e. The lowest BCUT2D eigenvalue weighted by Crippen LogP contribution is -2.41. The van der Waals surface area contributed by atoms with Crippen LogP contribution >= 0.6 is 22.7 Å². The third-order valence-corrected chi connectivity index (χ3v) is 7.34. The maximum absolute atomic E-state index is 13.8. The van der Waals surface area contributed by atoms with Gasteiger partial charge >= 0.3 is 5.69 Å². The molecule has 0 bridgehead atoms. The highest BCUT2D eigenvalue weighted by Gasteiger charge is 2.28. The van der Waals surface area contributed by atoms with Crippen LogP contribution in [0.3, 0.4) is 0 Å². The van der Waals surface area contributed by atoms with Crippen LogP contribution in [-0.4, -0.2) is 34.2 Å². The minimum atomic E-state index is -0.735.